The molecule has 170 valence electrons. The minimum Gasteiger partial charge on any atom is -0.497 e. The van der Waals surface area contributed by atoms with Gasteiger partial charge in [0.2, 0.25) is 0 Å². The van der Waals surface area contributed by atoms with E-state index in [1.54, 1.807) is 35.5 Å². The lowest BCUT2D eigenvalue weighted by molar-refractivity contribution is 0.353. The lowest BCUT2D eigenvalue weighted by atomic mass is 9.84. The topological polar surface area (TPSA) is 73.3 Å². The van der Waals surface area contributed by atoms with Gasteiger partial charge in [-0.15, -0.1) is 0 Å². The molecule has 7 heteroatoms. The number of hydrogen-bond acceptors (Lipinski definition) is 5. The van der Waals surface area contributed by atoms with Crippen LogP contribution in [-0.2, 0) is 5.41 Å². The monoisotopic (exact) mass is 429 g/mol. The van der Waals surface area contributed by atoms with Crippen molar-refractivity contribution in [2.24, 2.45) is 4.99 Å². The molecule has 0 aliphatic rings. The first kappa shape index (κ1) is 24.2. The second-order valence-corrected chi connectivity index (χ2v) is 7.85. The van der Waals surface area contributed by atoms with E-state index in [0.29, 0.717) is 24.0 Å². The first-order valence-corrected chi connectivity index (χ1v) is 10.2. The number of guanidine groups is 1. The molecule has 7 nitrogen and oxygen atoms in total. The lowest BCUT2D eigenvalue weighted by Gasteiger charge is -2.28. The third-order valence-corrected chi connectivity index (χ3v) is 5.34. The third-order valence-electron chi connectivity index (χ3n) is 5.34. The van der Waals surface area contributed by atoms with Crippen LogP contribution in [0.1, 0.15) is 37.9 Å². The molecule has 0 fully saturated rings. The first-order valence-electron chi connectivity index (χ1n) is 10.2. The Morgan fingerprint density at radius 2 is 1.55 bits per heavy atom. The van der Waals surface area contributed by atoms with E-state index in [-0.39, 0.29) is 11.5 Å². The van der Waals surface area contributed by atoms with Crippen molar-refractivity contribution in [1.82, 2.24) is 10.6 Å². The standard InChI is InChI=1S/C24H35N3O4/c1-16(19-14-18(28-5)10-12-20(19)29-6)27-23(25-4)26-15-24(2,3)17-9-11-21(30-7)22(13-17)31-8/h9-14,16H,15H2,1-8H3,(H2,25,26,27). The third kappa shape index (κ3) is 5.96. The average Bonchev–Trinajstić information content (AvgIpc) is 2.80. The van der Waals surface area contributed by atoms with E-state index in [9.17, 15) is 0 Å². The van der Waals surface area contributed by atoms with E-state index in [1.807, 2.05) is 30.3 Å². The normalized spacial score (nSPS) is 12.7. The molecule has 0 amide bonds. The van der Waals surface area contributed by atoms with Crippen LogP contribution in [0.3, 0.4) is 0 Å². The van der Waals surface area contributed by atoms with Gasteiger partial charge < -0.3 is 29.6 Å². The molecule has 31 heavy (non-hydrogen) atoms. The van der Waals surface area contributed by atoms with Gasteiger partial charge in [-0.2, -0.15) is 0 Å². The molecular weight excluding hydrogens is 394 g/mol. The predicted octanol–water partition coefficient (Wildman–Crippen LogP) is 3.92. The smallest absolute Gasteiger partial charge is 0.191 e. The Hall–Kier alpha value is -3.09. The van der Waals surface area contributed by atoms with E-state index in [0.717, 1.165) is 22.6 Å². The van der Waals surface area contributed by atoms with Gasteiger partial charge in [0.1, 0.15) is 11.5 Å². The number of nitrogens with one attached hydrogen (secondary N) is 2. The summed E-state index contributed by atoms with van der Waals surface area (Å²) in [6.45, 7) is 7.07. The molecule has 0 spiro atoms. The highest BCUT2D eigenvalue weighted by Gasteiger charge is 2.23. The minimum absolute atomic E-state index is 0.0413. The Balaban J connectivity index is 2.11. The molecule has 0 aromatic heterocycles. The van der Waals surface area contributed by atoms with Crippen LogP contribution in [0.5, 0.6) is 23.0 Å². The van der Waals surface area contributed by atoms with Crippen molar-refractivity contribution in [3.8, 4) is 23.0 Å². The highest BCUT2D eigenvalue weighted by molar-refractivity contribution is 5.80. The maximum atomic E-state index is 5.52. The Morgan fingerprint density at radius 3 is 2.13 bits per heavy atom. The van der Waals surface area contributed by atoms with E-state index in [2.05, 4.69) is 42.5 Å². The highest BCUT2D eigenvalue weighted by atomic mass is 16.5. The molecule has 2 aromatic carbocycles. The molecule has 0 heterocycles. The fourth-order valence-electron chi connectivity index (χ4n) is 3.32. The van der Waals surface area contributed by atoms with Crippen molar-refractivity contribution in [3.63, 3.8) is 0 Å². The number of hydrogen-bond donors (Lipinski definition) is 2. The zero-order valence-electron chi connectivity index (χ0n) is 19.8. The van der Waals surface area contributed by atoms with Gasteiger partial charge >= 0.3 is 0 Å². The van der Waals surface area contributed by atoms with Gasteiger partial charge in [-0.05, 0) is 42.8 Å². The fourth-order valence-corrected chi connectivity index (χ4v) is 3.32. The second kappa shape index (κ2) is 10.8. The maximum Gasteiger partial charge on any atom is 0.191 e. The number of rotatable bonds is 9. The Bertz CT molecular complexity index is 896. The Morgan fingerprint density at radius 1 is 0.903 bits per heavy atom. The van der Waals surface area contributed by atoms with Crippen molar-refractivity contribution in [3.05, 3.63) is 47.5 Å². The van der Waals surface area contributed by atoms with Crippen molar-refractivity contribution in [1.29, 1.82) is 0 Å². The number of nitrogens with zero attached hydrogens (tertiary/aromatic N) is 1. The van der Waals surface area contributed by atoms with Gasteiger partial charge in [0.05, 0.1) is 34.5 Å². The molecule has 2 N–H and O–H groups in total. The number of methoxy groups -OCH3 is 4. The molecule has 0 saturated carbocycles. The summed E-state index contributed by atoms with van der Waals surface area (Å²) in [4.78, 5) is 4.39. The minimum atomic E-state index is -0.173. The van der Waals surface area contributed by atoms with Crippen molar-refractivity contribution < 1.29 is 18.9 Å². The maximum absolute atomic E-state index is 5.52. The average molecular weight is 430 g/mol. The van der Waals surface area contributed by atoms with Crippen molar-refractivity contribution >= 4 is 5.96 Å². The number of aliphatic imine (C=N–C) groups is 1. The predicted molar refractivity (Wildman–Crippen MR) is 125 cm³/mol. The zero-order chi connectivity index (χ0) is 23.0. The summed E-state index contributed by atoms with van der Waals surface area (Å²) in [7, 11) is 8.36. The highest BCUT2D eigenvalue weighted by Crippen LogP contribution is 2.33. The molecule has 1 unspecified atom stereocenters. The van der Waals surface area contributed by atoms with E-state index >= 15 is 0 Å². The summed E-state index contributed by atoms with van der Waals surface area (Å²) in [5, 5.41) is 6.87. The molecule has 2 rings (SSSR count). The molecule has 0 aliphatic carbocycles. The van der Waals surface area contributed by atoms with Gasteiger partial charge in [-0.3, -0.25) is 4.99 Å². The summed E-state index contributed by atoms with van der Waals surface area (Å²) in [6.07, 6.45) is 0. The SMILES string of the molecule is CN=C(NCC(C)(C)c1ccc(OC)c(OC)c1)NC(C)c1cc(OC)ccc1OC. The van der Waals surface area contributed by atoms with Crippen molar-refractivity contribution in [2.45, 2.75) is 32.2 Å². The van der Waals surface area contributed by atoms with E-state index < -0.39 is 0 Å². The Kier molecular flexibility index (Phi) is 8.42. The van der Waals surface area contributed by atoms with E-state index in [4.69, 9.17) is 18.9 Å². The van der Waals surface area contributed by atoms with Crippen LogP contribution in [-0.4, -0.2) is 48.0 Å². The van der Waals surface area contributed by atoms with Gasteiger partial charge in [0, 0.05) is 24.6 Å². The zero-order valence-corrected chi connectivity index (χ0v) is 19.8. The summed E-state index contributed by atoms with van der Waals surface area (Å²) in [5.41, 5.74) is 1.95. The summed E-state index contributed by atoms with van der Waals surface area (Å²) in [6, 6.07) is 11.7. The van der Waals surface area contributed by atoms with Crippen LogP contribution < -0.4 is 29.6 Å². The largest absolute Gasteiger partial charge is 0.497 e. The quantitative estimate of drug-likeness (QED) is 0.465. The summed E-state index contributed by atoms with van der Waals surface area (Å²) < 4.78 is 21.7. The van der Waals surface area contributed by atoms with E-state index in [1.165, 1.54) is 0 Å². The lowest BCUT2D eigenvalue weighted by Crippen LogP contribution is -2.44. The van der Waals surface area contributed by atoms with Crippen LogP contribution in [0, 0.1) is 0 Å². The van der Waals surface area contributed by atoms with Gasteiger partial charge in [0.25, 0.3) is 0 Å². The van der Waals surface area contributed by atoms with Crippen molar-refractivity contribution in [2.75, 3.05) is 42.0 Å². The van der Waals surface area contributed by atoms with Gasteiger partial charge in [-0.25, -0.2) is 0 Å². The van der Waals surface area contributed by atoms with Crippen LogP contribution in [0.4, 0.5) is 0 Å². The molecular formula is C24H35N3O4. The molecule has 0 bridgehead atoms. The number of benzene rings is 2. The molecule has 0 radical (unpaired) electrons. The molecule has 0 saturated heterocycles. The number of ether oxygens (including phenoxy) is 4. The molecule has 0 aliphatic heterocycles. The fraction of sp³-hybridized carbons (Fsp3) is 0.458. The Labute approximate surface area is 185 Å². The summed E-state index contributed by atoms with van der Waals surface area (Å²) in [5.74, 6) is 3.71. The van der Waals surface area contributed by atoms with Crippen LogP contribution >= 0.6 is 0 Å². The van der Waals surface area contributed by atoms with Crippen LogP contribution in [0.2, 0.25) is 0 Å². The van der Waals surface area contributed by atoms with Gasteiger partial charge in [-0.1, -0.05) is 19.9 Å². The second-order valence-electron chi connectivity index (χ2n) is 7.85. The van der Waals surface area contributed by atoms with Crippen LogP contribution in [0.15, 0.2) is 41.4 Å². The molecule has 2 aromatic rings. The summed E-state index contributed by atoms with van der Waals surface area (Å²) >= 11 is 0. The molecule has 1 atom stereocenters. The first-order chi connectivity index (χ1) is 14.8. The van der Waals surface area contributed by atoms with Gasteiger partial charge in [0.15, 0.2) is 17.5 Å². The van der Waals surface area contributed by atoms with Crippen LogP contribution in [0.25, 0.3) is 0 Å².